The number of nitrogens with one attached hydrogen (secondary N) is 1. The second kappa shape index (κ2) is 9.77. The molecular formula is C25H24ClNO6. The molecule has 172 valence electrons. The van der Waals surface area contributed by atoms with Crippen LogP contribution in [0.2, 0.25) is 5.02 Å². The van der Waals surface area contributed by atoms with E-state index in [-0.39, 0.29) is 18.6 Å². The summed E-state index contributed by atoms with van der Waals surface area (Å²) in [4.78, 5) is 36.9. The average molecular weight is 470 g/mol. The van der Waals surface area contributed by atoms with Gasteiger partial charge in [0, 0.05) is 12.0 Å². The number of amides is 1. The van der Waals surface area contributed by atoms with Crippen LogP contribution >= 0.6 is 11.6 Å². The summed E-state index contributed by atoms with van der Waals surface area (Å²) in [5, 5.41) is 12.9. The Bertz CT molecular complexity index is 1270. The molecule has 3 aromatic rings. The fraction of sp³-hybridized carbons (Fsp3) is 0.320. The number of rotatable bonds is 7. The van der Waals surface area contributed by atoms with E-state index >= 15 is 0 Å². The molecule has 0 spiro atoms. The summed E-state index contributed by atoms with van der Waals surface area (Å²) in [6.45, 7) is 2.14. The Morgan fingerprint density at radius 3 is 2.79 bits per heavy atom. The van der Waals surface area contributed by atoms with Crippen molar-refractivity contribution in [2.75, 3.05) is 13.2 Å². The van der Waals surface area contributed by atoms with Crippen molar-refractivity contribution < 1.29 is 23.8 Å². The molecule has 1 fully saturated rings. The second-order valence-electron chi connectivity index (χ2n) is 8.22. The van der Waals surface area contributed by atoms with E-state index in [9.17, 15) is 19.5 Å². The van der Waals surface area contributed by atoms with Crippen LogP contribution < -0.4 is 15.5 Å². The molecule has 0 aliphatic heterocycles. The number of carbonyl (C=O) groups excluding carboxylic acids is 2. The molecule has 2 N–H and O–H groups in total. The van der Waals surface area contributed by atoms with E-state index < -0.39 is 23.7 Å². The zero-order valence-corrected chi connectivity index (χ0v) is 18.9. The lowest BCUT2D eigenvalue weighted by atomic mass is 10.0. The van der Waals surface area contributed by atoms with Gasteiger partial charge >= 0.3 is 0 Å². The van der Waals surface area contributed by atoms with Crippen LogP contribution in [-0.2, 0) is 9.59 Å². The number of benzene rings is 2. The predicted molar refractivity (Wildman–Crippen MR) is 125 cm³/mol. The molecule has 1 unspecified atom stereocenters. The monoisotopic (exact) mass is 469 g/mol. The summed E-state index contributed by atoms with van der Waals surface area (Å²) >= 11 is 6.22. The quantitative estimate of drug-likeness (QED) is 0.404. The third kappa shape index (κ3) is 5.10. The topological polar surface area (TPSA) is 106 Å². The highest BCUT2D eigenvalue weighted by Crippen LogP contribution is 2.33. The Kier molecular flexibility index (Phi) is 6.81. The summed E-state index contributed by atoms with van der Waals surface area (Å²) in [5.41, 5.74) is 1.59. The molecule has 1 saturated carbocycles. The number of halogens is 1. The smallest absolute Gasteiger partial charge is 0.287 e. The van der Waals surface area contributed by atoms with E-state index in [0.717, 1.165) is 5.56 Å². The van der Waals surface area contributed by atoms with Crippen molar-refractivity contribution >= 4 is 34.3 Å². The average Bonchev–Trinajstić information content (AvgIpc) is 3.23. The maximum atomic E-state index is 12.6. The SMILES string of the molecule is Cc1ccc(-c2cc(=O)c3cccc(Cl)c3o2)c(OCCNC(=O)C(=O)C2CC[C@H](O)C2)c1. The molecule has 2 aromatic carbocycles. The number of aliphatic hydroxyl groups is 1. The lowest BCUT2D eigenvalue weighted by Gasteiger charge is -2.13. The van der Waals surface area contributed by atoms with Crippen LogP contribution in [0, 0.1) is 12.8 Å². The van der Waals surface area contributed by atoms with E-state index in [0.29, 0.717) is 52.3 Å². The van der Waals surface area contributed by atoms with E-state index in [1.54, 1.807) is 30.3 Å². The van der Waals surface area contributed by atoms with Crippen LogP contribution in [0.15, 0.2) is 51.7 Å². The van der Waals surface area contributed by atoms with Crippen molar-refractivity contribution in [1.29, 1.82) is 0 Å². The van der Waals surface area contributed by atoms with Crippen LogP contribution in [-0.4, -0.2) is 36.1 Å². The van der Waals surface area contributed by atoms with E-state index in [1.807, 2.05) is 13.0 Å². The number of hydrogen-bond donors (Lipinski definition) is 2. The molecule has 8 heteroatoms. The highest BCUT2D eigenvalue weighted by Gasteiger charge is 2.32. The van der Waals surface area contributed by atoms with Gasteiger partial charge in [-0.25, -0.2) is 0 Å². The van der Waals surface area contributed by atoms with Crippen molar-refractivity contribution in [2.45, 2.75) is 32.3 Å². The summed E-state index contributed by atoms with van der Waals surface area (Å²) in [7, 11) is 0. The van der Waals surface area contributed by atoms with Gasteiger partial charge in [0.15, 0.2) is 11.0 Å². The normalized spacial score (nSPS) is 17.8. The van der Waals surface area contributed by atoms with Gasteiger partial charge in [0.1, 0.15) is 18.1 Å². The van der Waals surface area contributed by atoms with Gasteiger partial charge in [0.2, 0.25) is 5.78 Å². The number of carbonyl (C=O) groups is 2. The fourth-order valence-corrected chi connectivity index (χ4v) is 4.24. The Morgan fingerprint density at radius 1 is 1.21 bits per heavy atom. The molecule has 1 heterocycles. The van der Waals surface area contributed by atoms with Gasteiger partial charge in [-0.05, 0) is 56.0 Å². The number of hydrogen-bond acceptors (Lipinski definition) is 6. The van der Waals surface area contributed by atoms with Crippen LogP contribution in [0.3, 0.4) is 0 Å². The van der Waals surface area contributed by atoms with E-state index in [2.05, 4.69) is 5.32 Å². The number of Topliss-reactive ketones (excluding diaryl/α,β-unsaturated/α-hetero) is 1. The van der Waals surface area contributed by atoms with E-state index in [4.69, 9.17) is 20.8 Å². The van der Waals surface area contributed by atoms with Crippen molar-refractivity contribution in [3.8, 4) is 17.1 Å². The minimum absolute atomic E-state index is 0.112. The molecule has 7 nitrogen and oxygen atoms in total. The molecule has 1 amide bonds. The summed E-state index contributed by atoms with van der Waals surface area (Å²) < 4.78 is 11.8. The molecule has 0 radical (unpaired) electrons. The summed E-state index contributed by atoms with van der Waals surface area (Å²) in [5.74, 6) is -0.805. The van der Waals surface area contributed by atoms with Gasteiger partial charge in [-0.3, -0.25) is 14.4 Å². The first-order valence-electron chi connectivity index (χ1n) is 10.8. The van der Waals surface area contributed by atoms with Crippen molar-refractivity contribution in [1.82, 2.24) is 5.32 Å². The zero-order chi connectivity index (χ0) is 23.5. The minimum atomic E-state index is -0.669. The highest BCUT2D eigenvalue weighted by molar-refractivity contribution is 6.37. The third-order valence-corrected chi connectivity index (χ3v) is 6.05. The fourth-order valence-electron chi connectivity index (χ4n) is 4.02. The number of ether oxygens (including phenoxy) is 1. The molecule has 2 atom stereocenters. The van der Waals surface area contributed by atoms with Gasteiger partial charge in [0.05, 0.1) is 28.6 Å². The first kappa shape index (κ1) is 23.0. The Morgan fingerprint density at radius 2 is 2.03 bits per heavy atom. The van der Waals surface area contributed by atoms with Crippen LogP contribution in [0.4, 0.5) is 0 Å². The van der Waals surface area contributed by atoms with Crippen molar-refractivity contribution in [3.63, 3.8) is 0 Å². The van der Waals surface area contributed by atoms with Gasteiger partial charge in [-0.1, -0.05) is 23.7 Å². The molecule has 1 aliphatic carbocycles. The number of ketones is 1. The maximum absolute atomic E-state index is 12.6. The van der Waals surface area contributed by atoms with Gasteiger partial charge < -0.3 is 19.6 Å². The van der Waals surface area contributed by atoms with Crippen LogP contribution in [0.1, 0.15) is 24.8 Å². The first-order valence-corrected chi connectivity index (χ1v) is 11.2. The van der Waals surface area contributed by atoms with Crippen molar-refractivity contribution in [3.05, 3.63) is 63.3 Å². The molecule has 0 saturated heterocycles. The van der Waals surface area contributed by atoms with Gasteiger partial charge in [0.25, 0.3) is 5.91 Å². The maximum Gasteiger partial charge on any atom is 0.287 e. The first-order chi connectivity index (χ1) is 15.8. The second-order valence-corrected chi connectivity index (χ2v) is 8.63. The molecular weight excluding hydrogens is 446 g/mol. The Balaban J connectivity index is 1.47. The van der Waals surface area contributed by atoms with E-state index in [1.165, 1.54) is 6.07 Å². The van der Waals surface area contributed by atoms with Gasteiger partial charge in [-0.2, -0.15) is 0 Å². The largest absolute Gasteiger partial charge is 0.491 e. The van der Waals surface area contributed by atoms with Crippen molar-refractivity contribution in [2.24, 2.45) is 5.92 Å². The molecule has 1 aromatic heterocycles. The predicted octanol–water partition coefficient (Wildman–Crippen LogP) is 3.65. The Labute approximate surface area is 195 Å². The minimum Gasteiger partial charge on any atom is -0.491 e. The molecule has 0 bridgehead atoms. The number of fused-ring (bicyclic) bond motifs is 1. The van der Waals surface area contributed by atoms with Crippen LogP contribution in [0.25, 0.3) is 22.3 Å². The Hall–Kier alpha value is -3.16. The molecule has 33 heavy (non-hydrogen) atoms. The standard InChI is InChI=1S/C25H24ClNO6/c1-14-5-8-18(22-13-20(29)17-3-2-4-19(26)24(17)33-22)21(11-14)32-10-9-27-25(31)23(30)15-6-7-16(28)12-15/h2-5,8,11,13,15-16,28H,6-7,9-10,12H2,1H3,(H,27,31)/t15?,16-/m0/s1. The zero-order valence-electron chi connectivity index (χ0n) is 18.1. The number of aliphatic hydroxyl groups excluding tert-OH is 1. The molecule has 1 aliphatic rings. The lowest BCUT2D eigenvalue weighted by Crippen LogP contribution is -2.37. The molecule has 4 rings (SSSR count). The third-order valence-electron chi connectivity index (χ3n) is 5.75. The summed E-state index contributed by atoms with van der Waals surface area (Å²) in [6, 6.07) is 11.9. The highest BCUT2D eigenvalue weighted by atomic mass is 35.5. The number of aryl methyl sites for hydroxylation is 1. The van der Waals surface area contributed by atoms with Crippen LogP contribution in [0.5, 0.6) is 5.75 Å². The lowest BCUT2D eigenvalue weighted by molar-refractivity contribution is -0.140. The van der Waals surface area contributed by atoms with Gasteiger partial charge in [-0.15, -0.1) is 0 Å². The summed E-state index contributed by atoms with van der Waals surface area (Å²) in [6.07, 6.45) is 0.882. The number of para-hydroxylation sites is 1.